The van der Waals surface area contributed by atoms with Crippen LogP contribution in [0.5, 0.6) is 0 Å². The van der Waals surface area contributed by atoms with Gasteiger partial charge in [0.25, 0.3) is 0 Å². The number of likely N-dealkylation sites (N-methyl/N-ethyl adjacent to an activating group) is 1. The lowest BCUT2D eigenvalue weighted by Crippen LogP contribution is -2.43. The van der Waals surface area contributed by atoms with Crippen molar-refractivity contribution < 1.29 is 0 Å². The molecule has 21 heavy (non-hydrogen) atoms. The maximum atomic E-state index is 3.70. The first-order chi connectivity index (χ1) is 10.0. The Labute approximate surface area is 130 Å². The molecule has 0 aromatic heterocycles. The van der Waals surface area contributed by atoms with Crippen LogP contribution in [0.4, 0.5) is 0 Å². The Hall–Kier alpha value is -0.860. The molecular formula is C19H32N2. The summed E-state index contributed by atoms with van der Waals surface area (Å²) in [6.07, 6.45) is 3.99. The predicted molar refractivity (Wildman–Crippen MR) is 91.5 cm³/mol. The molecule has 2 atom stereocenters. The molecule has 1 aliphatic rings. The molecule has 0 saturated carbocycles. The molecule has 2 rings (SSSR count). The summed E-state index contributed by atoms with van der Waals surface area (Å²) in [7, 11) is 0. The Balaban J connectivity index is 2.09. The van der Waals surface area contributed by atoms with Crippen molar-refractivity contribution in [1.29, 1.82) is 0 Å². The Bertz CT molecular complexity index is 413. The second-order valence-corrected chi connectivity index (χ2v) is 7.24. The van der Waals surface area contributed by atoms with E-state index in [1.807, 2.05) is 0 Å². The summed E-state index contributed by atoms with van der Waals surface area (Å²) >= 11 is 0. The van der Waals surface area contributed by atoms with Gasteiger partial charge in [0.05, 0.1) is 0 Å². The standard InChI is InChI=1S/C19H32N2/c1-5-20-18(17-10-7-6-8-11-17)16(2)21-14-9-12-19(3,4)13-15-21/h6-8,10-11,16,18,20H,5,9,12-15H2,1-4H3. The van der Waals surface area contributed by atoms with Crippen molar-refractivity contribution in [3.8, 4) is 0 Å². The van der Waals surface area contributed by atoms with Crippen molar-refractivity contribution in [2.75, 3.05) is 19.6 Å². The van der Waals surface area contributed by atoms with Gasteiger partial charge in [-0.2, -0.15) is 0 Å². The van der Waals surface area contributed by atoms with E-state index < -0.39 is 0 Å². The highest BCUT2D eigenvalue weighted by atomic mass is 15.2. The molecule has 1 fully saturated rings. The Kier molecular flexibility index (Phi) is 5.83. The highest BCUT2D eigenvalue weighted by Crippen LogP contribution is 2.32. The van der Waals surface area contributed by atoms with Crippen LogP contribution in [0.15, 0.2) is 30.3 Å². The summed E-state index contributed by atoms with van der Waals surface area (Å²) in [6.45, 7) is 12.9. The molecule has 0 bridgehead atoms. The van der Waals surface area contributed by atoms with Crippen molar-refractivity contribution >= 4 is 0 Å². The molecule has 1 N–H and O–H groups in total. The average molecular weight is 288 g/mol. The Morgan fingerprint density at radius 2 is 1.86 bits per heavy atom. The van der Waals surface area contributed by atoms with Gasteiger partial charge in [-0.15, -0.1) is 0 Å². The lowest BCUT2D eigenvalue weighted by atomic mass is 9.85. The molecule has 1 aromatic rings. The first-order valence-electron chi connectivity index (χ1n) is 8.56. The van der Waals surface area contributed by atoms with Crippen molar-refractivity contribution in [3.05, 3.63) is 35.9 Å². The lowest BCUT2D eigenvalue weighted by Gasteiger charge is -2.35. The number of hydrogen-bond donors (Lipinski definition) is 1. The van der Waals surface area contributed by atoms with E-state index in [9.17, 15) is 0 Å². The smallest absolute Gasteiger partial charge is 0.0475 e. The zero-order chi connectivity index (χ0) is 15.3. The molecule has 1 aliphatic heterocycles. The predicted octanol–water partition coefficient (Wildman–Crippen LogP) is 4.24. The molecule has 0 amide bonds. The van der Waals surface area contributed by atoms with Gasteiger partial charge in [-0.1, -0.05) is 51.1 Å². The van der Waals surface area contributed by atoms with Gasteiger partial charge in [-0.3, -0.25) is 4.90 Å². The summed E-state index contributed by atoms with van der Waals surface area (Å²) in [5, 5.41) is 3.70. The molecular weight excluding hydrogens is 256 g/mol. The number of likely N-dealkylation sites (tertiary alicyclic amines) is 1. The zero-order valence-electron chi connectivity index (χ0n) is 14.2. The molecule has 1 saturated heterocycles. The third-order valence-electron chi connectivity index (χ3n) is 5.02. The van der Waals surface area contributed by atoms with E-state index in [1.54, 1.807) is 0 Å². The normalized spacial score (nSPS) is 22.5. The average Bonchev–Trinajstić information content (AvgIpc) is 2.66. The summed E-state index contributed by atoms with van der Waals surface area (Å²) in [4.78, 5) is 2.69. The summed E-state index contributed by atoms with van der Waals surface area (Å²) in [6, 6.07) is 11.9. The van der Waals surface area contributed by atoms with Crippen LogP contribution in [0.25, 0.3) is 0 Å². The first-order valence-corrected chi connectivity index (χ1v) is 8.56. The van der Waals surface area contributed by atoms with E-state index >= 15 is 0 Å². The molecule has 0 radical (unpaired) electrons. The third kappa shape index (κ3) is 4.55. The fourth-order valence-electron chi connectivity index (χ4n) is 3.51. The minimum absolute atomic E-state index is 0.428. The van der Waals surface area contributed by atoms with Crippen LogP contribution in [0.2, 0.25) is 0 Å². The molecule has 1 aromatic carbocycles. The lowest BCUT2D eigenvalue weighted by molar-refractivity contribution is 0.169. The Morgan fingerprint density at radius 1 is 1.14 bits per heavy atom. The maximum Gasteiger partial charge on any atom is 0.0475 e. The quantitative estimate of drug-likeness (QED) is 0.872. The van der Waals surface area contributed by atoms with Gasteiger partial charge in [0.15, 0.2) is 0 Å². The van der Waals surface area contributed by atoms with E-state index in [2.05, 4.69) is 68.2 Å². The molecule has 2 heteroatoms. The van der Waals surface area contributed by atoms with Crippen molar-refractivity contribution in [1.82, 2.24) is 10.2 Å². The zero-order valence-corrected chi connectivity index (χ0v) is 14.2. The van der Waals surface area contributed by atoms with E-state index in [4.69, 9.17) is 0 Å². The van der Waals surface area contributed by atoms with Crippen LogP contribution in [0.1, 0.15) is 58.6 Å². The maximum absolute atomic E-state index is 3.70. The minimum Gasteiger partial charge on any atom is -0.309 e. The van der Waals surface area contributed by atoms with Crippen molar-refractivity contribution in [2.24, 2.45) is 5.41 Å². The highest BCUT2D eigenvalue weighted by Gasteiger charge is 2.29. The van der Waals surface area contributed by atoms with Gasteiger partial charge >= 0.3 is 0 Å². The largest absolute Gasteiger partial charge is 0.309 e. The van der Waals surface area contributed by atoms with Gasteiger partial charge in [0.2, 0.25) is 0 Å². The molecule has 0 spiro atoms. The van der Waals surface area contributed by atoms with Crippen molar-refractivity contribution in [3.63, 3.8) is 0 Å². The Morgan fingerprint density at radius 3 is 2.52 bits per heavy atom. The minimum atomic E-state index is 0.428. The van der Waals surface area contributed by atoms with E-state index in [1.165, 1.54) is 37.9 Å². The third-order valence-corrected chi connectivity index (χ3v) is 5.02. The van der Waals surface area contributed by atoms with Crippen molar-refractivity contribution in [2.45, 2.75) is 59.0 Å². The first kappa shape index (κ1) is 16.5. The summed E-state index contributed by atoms with van der Waals surface area (Å²) in [5.41, 5.74) is 1.92. The van der Waals surface area contributed by atoms with E-state index in [-0.39, 0.29) is 0 Å². The fourth-order valence-corrected chi connectivity index (χ4v) is 3.51. The van der Waals surface area contributed by atoms with Crippen LogP contribution in [-0.2, 0) is 0 Å². The molecule has 118 valence electrons. The van der Waals surface area contributed by atoms with Crippen LogP contribution < -0.4 is 5.32 Å². The second-order valence-electron chi connectivity index (χ2n) is 7.24. The number of nitrogens with zero attached hydrogens (tertiary/aromatic N) is 1. The summed E-state index contributed by atoms with van der Waals surface area (Å²) < 4.78 is 0. The van der Waals surface area contributed by atoms with E-state index in [0.717, 1.165) is 6.54 Å². The highest BCUT2D eigenvalue weighted by molar-refractivity contribution is 5.20. The number of benzene rings is 1. The molecule has 2 nitrogen and oxygen atoms in total. The van der Waals surface area contributed by atoms with Crippen LogP contribution in [-0.4, -0.2) is 30.6 Å². The number of rotatable bonds is 5. The van der Waals surface area contributed by atoms with Gasteiger partial charge in [-0.05, 0) is 56.8 Å². The summed E-state index contributed by atoms with van der Waals surface area (Å²) in [5.74, 6) is 0. The van der Waals surface area contributed by atoms with Gasteiger partial charge in [0.1, 0.15) is 0 Å². The number of hydrogen-bond acceptors (Lipinski definition) is 2. The molecule has 2 unspecified atom stereocenters. The van der Waals surface area contributed by atoms with Crippen LogP contribution >= 0.6 is 0 Å². The molecule has 0 aliphatic carbocycles. The van der Waals surface area contributed by atoms with Gasteiger partial charge in [-0.25, -0.2) is 0 Å². The van der Waals surface area contributed by atoms with Gasteiger partial charge in [0, 0.05) is 12.1 Å². The SMILES string of the molecule is CCNC(c1ccccc1)C(C)N1CCCC(C)(C)CC1. The van der Waals surface area contributed by atoms with Crippen LogP contribution in [0, 0.1) is 5.41 Å². The van der Waals surface area contributed by atoms with E-state index in [0.29, 0.717) is 17.5 Å². The van der Waals surface area contributed by atoms with Gasteiger partial charge < -0.3 is 5.32 Å². The number of nitrogens with one attached hydrogen (secondary N) is 1. The fraction of sp³-hybridized carbons (Fsp3) is 0.684. The second kappa shape index (κ2) is 7.42. The van der Waals surface area contributed by atoms with Crippen LogP contribution in [0.3, 0.4) is 0 Å². The molecule has 1 heterocycles. The monoisotopic (exact) mass is 288 g/mol. The topological polar surface area (TPSA) is 15.3 Å².